The Kier molecular flexibility index (Phi) is 9.50. The lowest BCUT2D eigenvalue weighted by molar-refractivity contribution is -0.146. The number of fused-ring (bicyclic) bond motifs is 1. The van der Waals surface area contributed by atoms with Gasteiger partial charge in [0.15, 0.2) is 16.6 Å². The van der Waals surface area contributed by atoms with Gasteiger partial charge in [0.2, 0.25) is 0 Å². The average molecular weight is 530 g/mol. The first-order valence-corrected chi connectivity index (χ1v) is 13.0. The van der Waals surface area contributed by atoms with Gasteiger partial charge in [-0.15, -0.1) is 9.05 Å². The molecule has 1 aliphatic heterocycles. The van der Waals surface area contributed by atoms with Crippen LogP contribution in [0.1, 0.15) is 33.4 Å². The van der Waals surface area contributed by atoms with Gasteiger partial charge in [0.1, 0.15) is 37.9 Å². The van der Waals surface area contributed by atoms with Crippen molar-refractivity contribution < 1.29 is 32.7 Å². The molecule has 35 heavy (non-hydrogen) atoms. The van der Waals surface area contributed by atoms with Crippen molar-refractivity contribution in [3.8, 4) is 0 Å². The van der Waals surface area contributed by atoms with Gasteiger partial charge in [-0.25, -0.2) is 15.0 Å². The monoisotopic (exact) mass is 529 g/mol. The lowest BCUT2D eigenvalue weighted by Gasteiger charge is -2.21. The molecule has 4 atom stereocenters. The molecule has 0 bridgehead atoms. The average Bonchev–Trinajstić information content (AvgIpc) is 3.42. The molecule has 0 aliphatic carbocycles. The quantitative estimate of drug-likeness (QED) is 0.231. The Morgan fingerprint density at radius 3 is 2.83 bits per heavy atom. The number of carbonyl (C=O) groups excluding carboxylic acids is 2. The molecule has 0 aromatic carbocycles. The minimum absolute atomic E-state index is 0.0526. The molecule has 13 nitrogen and oxygen atoms in total. The van der Waals surface area contributed by atoms with Crippen LogP contribution in [0.4, 0.5) is 5.82 Å². The van der Waals surface area contributed by atoms with E-state index in [2.05, 4.69) is 15.0 Å². The van der Waals surface area contributed by atoms with Crippen LogP contribution in [0.5, 0.6) is 0 Å². The maximum atomic E-state index is 12.3. The predicted octanol–water partition coefficient (Wildman–Crippen LogP) is 1.81. The fourth-order valence-electron chi connectivity index (χ4n) is 3.42. The van der Waals surface area contributed by atoms with E-state index in [1.54, 1.807) is 24.7 Å². The third kappa shape index (κ3) is 7.15. The second-order valence-corrected chi connectivity index (χ2v) is 10.7. The topological polar surface area (TPSA) is 184 Å². The van der Waals surface area contributed by atoms with Gasteiger partial charge in [-0.2, -0.15) is 0 Å². The van der Waals surface area contributed by atoms with Crippen LogP contribution in [-0.4, -0.2) is 68.8 Å². The molecule has 2 aromatic heterocycles. The van der Waals surface area contributed by atoms with E-state index in [0.717, 1.165) is 11.8 Å². The molecule has 0 radical (unpaired) electrons. The van der Waals surface area contributed by atoms with Crippen LogP contribution < -0.4 is 11.5 Å². The normalized spacial score (nSPS) is 20.8. The van der Waals surface area contributed by atoms with Crippen LogP contribution in [0, 0.1) is 11.3 Å². The number of nitrogens with zero attached hydrogens (tertiary/aromatic N) is 4. The van der Waals surface area contributed by atoms with Gasteiger partial charge in [0, 0.05) is 16.2 Å². The number of nitrogens with two attached hydrogens (primary N) is 2. The number of anilines is 1. The van der Waals surface area contributed by atoms with Gasteiger partial charge in [-0.3, -0.25) is 14.2 Å². The molecule has 2 aromatic rings. The molecule has 0 amide bonds. The second kappa shape index (κ2) is 12.2. The first-order valence-electron chi connectivity index (χ1n) is 11.0. The minimum atomic E-state index is -2.37. The zero-order valence-electron chi connectivity index (χ0n) is 19.8. The largest absolute Gasteiger partial charge is 0.697 e. The van der Waals surface area contributed by atoms with Crippen LogP contribution in [0.15, 0.2) is 12.7 Å². The number of rotatable bonds is 12. The summed E-state index contributed by atoms with van der Waals surface area (Å²) in [5, 5.41) is -0.180. The third-order valence-electron chi connectivity index (χ3n) is 5.31. The number of hydrogen-bond donors (Lipinski definition) is 2. The van der Waals surface area contributed by atoms with Crippen molar-refractivity contribution >= 4 is 48.1 Å². The number of thioether (sulfide) groups is 1. The van der Waals surface area contributed by atoms with Crippen molar-refractivity contribution in [1.82, 2.24) is 19.5 Å². The van der Waals surface area contributed by atoms with Gasteiger partial charge in [0.25, 0.3) is 0 Å². The summed E-state index contributed by atoms with van der Waals surface area (Å²) in [6, 6.07) is 0. The maximum absolute atomic E-state index is 12.3. The molecule has 3 rings (SSSR count). The SMILES string of the molecule is C[C@H]1C[C@@H](CO[P+](=O)OCCSC(=O)C(C)(C)COC(=O)CN)O[C@H]1n1cnc2c(N)ncnc21. The Hall–Kier alpha value is -2.22. The van der Waals surface area contributed by atoms with E-state index in [4.69, 9.17) is 30.0 Å². The molecule has 192 valence electrons. The Bertz CT molecular complexity index is 1070. The van der Waals surface area contributed by atoms with Crippen LogP contribution in [-0.2, 0) is 32.7 Å². The maximum Gasteiger partial charge on any atom is 0.697 e. The van der Waals surface area contributed by atoms with Gasteiger partial charge < -0.3 is 20.9 Å². The summed E-state index contributed by atoms with van der Waals surface area (Å²) in [6.07, 6.45) is 3.06. The summed E-state index contributed by atoms with van der Waals surface area (Å²) < 4.78 is 35.4. The molecule has 1 saturated heterocycles. The van der Waals surface area contributed by atoms with Crippen molar-refractivity contribution in [3.05, 3.63) is 12.7 Å². The number of nitrogen functional groups attached to an aromatic ring is 1. The molecule has 3 heterocycles. The van der Waals surface area contributed by atoms with Crippen LogP contribution in [0.3, 0.4) is 0 Å². The number of esters is 1. The molecule has 1 fully saturated rings. The van der Waals surface area contributed by atoms with Crippen molar-refractivity contribution in [2.24, 2.45) is 17.1 Å². The van der Waals surface area contributed by atoms with E-state index < -0.39 is 19.6 Å². The first kappa shape index (κ1) is 27.4. The molecule has 0 spiro atoms. The van der Waals surface area contributed by atoms with Gasteiger partial charge in [-0.05, 0) is 20.3 Å². The van der Waals surface area contributed by atoms with Gasteiger partial charge >= 0.3 is 14.2 Å². The van der Waals surface area contributed by atoms with Crippen LogP contribution >= 0.6 is 20.0 Å². The predicted molar refractivity (Wildman–Crippen MR) is 128 cm³/mol. The number of imidazole rings is 1. The standard InChI is InChI=1S/C20H30N6O7PS/c1-12-6-13(33-18(12)26-11-25-15-16(22)23-10-24-17(15)26)8-32-34(29)31-4-5-35-19(28)20(2,3)9-30-14(27)7-21/h10-13,18H,4-9,21H2,1-3H3,(H2,22,23,24)/q+1/t12-,13-,18+/m0/s1. The Labute approximate surface area is 207 Å². The summed E-state index contributed by atoms with van der Waals surface area (Å²) >= 11 is 1.01. The number of aromatic nitrogens is 4. The lowest BCUT2D eigenvalue weighted by Crippen LogP contribution is -2.31. The summed E-state index contributed by atoms with van der Waals surface area (Å²) in [7, 11) is -2.37. The second-order valence-electron chi connectivity index (χ2n) is 8.68. The zero-order valence-corrected chi connectivity index (χ0v) is 21.5. The molecule has 4 N–H and O–H groups in total. The minimum Gasteiger partial charge on any atom is -0.464 e. The summed E-state index contributed by atoms with van der Waals surface area (Å²) in [6.45, 7) is 5.20. The number of hydrogen-bond acceptors (Lipinski definition) is 13. The third-order valence-corrected chi connectivity index (χ3v) is 7.25. The van der Waals surface area contributed by atoms with Gasteiger partial charge in [-0.1, -0.05) is 18.7 Å². The lowest BCUT2D eigenvalue weighted by atomic mass is 9.97. The van der Waals surface area contributed by atoms with E-state index in [1.807, 2.05) is 6.92 Å². The van der Waals surface area contributed by atoms with Crippen molar-refractivity contribution in [2.45, 2.75) is 39.5 Å². The van der Waals surface area contributed by atoms with E-state index in [0.29, 0.717) is 23.4 Å². The zero-order chi connectivity index (χ0) is 25.6. The van der Waals surface area contributed by atoms with Crippen LogP contribution in [0.25, 0.3) is 11.2 Å². The van der Waals surface area contributed by atoms with Crippen LogP contribution in [0.2, 0.25) is 0 Å². The van der Waals surface area contributed by atoms with Crippen molar-refractivity contribution in [3.63, 3.8) is 0 Å². The fourth-order valence-corrected chi connectivity index (χ4v) is 4.95. The fraction of sp³-hybridized carbons (Fsp3) is 0.650. The highest BCUT2D eigenvalue weighted by atomic mass is 32.2. The van der Waals surface area contributed by atoms with Gasteiger partial charge in [0.05, 0.1) is 24.4 Å². The Morgan fingerprint density at radius 2 is 2.09 bits per heavy atom. The highest BCUT2D eigenvalue weighted by Crippen LogP contribution is 2.37. The molecule has 1 aliphatic rings. The highest BCUT2D eigenvalue weighted by molar-refractivity contribution is 8.13. The molecular formula is C20H30N6O7PS+. The number of carbonyl (C=O) groups is 2. The number of ether oxygens (including phenoxy) is 2. The molecule has 1 unspecified atom stereocenters. The van der Waals surface area contributed by atoms with Crippen molar-refractivity contribution in [2.75, 3.05) is 37.9 Å². The van der Waals surface area contributed by atoms with E-state index in [9.17, 15) is 14.2 Å². The molecular weight excluding hydrogens is 499 g/mol. The summed E-state index contributed by atoms with van der Waals surface area (Å²) in [4.78, 5) is 36.0. The van der Waals surface area contributed by atoms with Crippen molar-refractivity contribution in [1.29, 1.82) is 0 Å². The first-order chi connectivity index (χ1) is 16.6. The van der Waals surface area contributed by atoms with E-state index >= 15 is 0 Å². The Morgan fingerprint density at radius 1 is 1.31 bits per heavy atom. The van der Waals surface area contributed by atoms with E-state index in [1.165, 1.54) is 6.33 Å². The highest BCUT2D eigenvalue weighted by Gasteiger charge is 2.37. The molecule has 15 heteroatoms. The summed E-state index contributed by atoms with van der Waals surface area (Å²) in [5.74, 6) is 0.130. The van der Waals surface area contributed by atoms with E-state index in [-0.39, 0.29) is 55.5 Å². The molecule has 0 saturated carbocycles. The smallest absolute Gasteiger partial charge is 0.464 e. The summed E-state index contributed by atoms with van der Waals surface area (Å²) in [5.41, 5.74) is 11.3. The Balaban J connectivity index is 1.37.